The van der Waals surface area contributed by atoms with Crippen LogP contribution in [-0.2, 0) is 18.0 Å². The third-order valence-corrected chi connectivity index (χ3v) is 5.24. The van der Waals surface area contributed by atoms with Gasteiger partial charge in [-0.3, -0.25) is 0 Å². The predicted molar refractivity (Wildman–Crippen MR) is 70.2 cm³/mol. The summed E-state index contributed by atoms with van der Waals surface area (Å²) < 4.78 is 22.5. The van der Waals surface area contributed by atoms with Crippen LogP contribution < -0.4 is 0 Å². The summed E-state index contributed by atoms with van der Waals surface area (Å²) in [6, 6.07) is 0. The van der Waals surface area contributed by atoms with E-state index in [1.807, 2.05) is 13.8 Å². The summed E-state index contributed by atoms with van der Waals surface area (Å²) in [4.78, 5) is 0. The van der Waals surface area contributed by atoms with E-state index in [1.165, 1.54) is 19.3 Å². The van der Waals surface area contributed by atoms with E-state index in [4.69, 9.17) is 18.0 Å². The molecule has 2 rings (SSSR count). The largest absolute Gasteiger partial charge is 0.577 e. The summed E-state index contributed by atoms with van der Waals surface area (Å²) in [5.41, 5.74) is 0. The molecule has 0 N–H and O–H groups in total. The summed E-state index contributed by atoms with van der Waals surface area (Å²) in [6.07, 6.45) is 6.18. The van der Waals surface area contributed by atoms with Crippen LogP contribution in [0.2, 0.25) is 0 Å². The molecular weight excluding hydrogens is 248 g/mol. The standard InChI is InChI=1S/C13H25O4Si/c1-4-14-18(15-5-2)17-10(3)8-11-6-7-12-13(9-11)16-12/h10-13H,4-9H2,1-3H3. The smallest absolute Gasteiger partial charge is 0.371 e. The Morgan fingerprint density at radius 3 is 2.50 bits per heavy atom. The van der Waals surface area contributed by atoms with E-state index in [1.54, 1.807) is 0 Å². The summed E-state index contributed by atoms with van der Waals surface area (Å²) in [5, 5.41) is 0. The molecule has 1 radical (unpaired) electrons. The van der Waals surface area contributed by atoms with Crippen molar-refractivity contribution in [2.45, 2.75) is 64.8 Å². The van der Waals surface area contributed by atoms with Crippen LogP contribution in [0.3, 0.4) is 0 Å². The normalized spacial score (nSPS) is 32.3. The maximum Gasteiger partial charge on any atom is 0.577 e. The number of ether oxygens (including phenoxy) is 1. The van der Waals surface area contributed by atoms with Crippen molar-refractivity contribution in [2.24, 2.45) is 5.92 Å². The fourth-order valence-electron chi connectivity index (χ4n) is 2.73. The molecule has 1 aliphatic heterocycles. The molecule has 105 valence electrons. The van der Waals surface area contributed by atoms with Gasteiger partial charge in [-0.15, -0.1) is 0 Å². The SMILES string of the molecule is CCO[Si](OCC)OC(C)CC1CCC2OC2C1. The van der Waals surface area contributed by atoms with Gasteiger partial charge in [0.15, 0.2) is 0 Å². The molecule has 1 saturated carbocycles. The highest BCUT2D eigenvalue weighted by Crippen LogP contribution is 2.41. The van der Waals surface area contributed by atoms with Gasteiger partial charge in [-0.05, 0) is 52.4 Å². The van der Waals surface area contributed by atoms with Crippen LogP contribution in [0.5, 0.6) is 0 Å². The van der Waals surface area contributed by atoms with Crippen molar-refractivity contribution in [3.05, 3.63) is 0 Å². The highest BCUT2D eigenvalue weighted by Gasteiger charge is 2.44. The van der Waals surface area contributed by atoms with Gasteiger partial charge in [0.05, 0.1) is 12.2 Å². The fraction of sp³-hybridized carbons (Fsp3) is 1.00. The molecule has 2 fully saturated rings. The van der Waals surface area contributed by atoms with Gasteiger partial charge in [-0.25, -0.2) is 0 Å². The number of fused-ring (bicyclic) bond motifs is 1. The maximum atomic E-state index is 5.90. The maximum absolute atomic E-state index is 5.90. The third-order valence-electron chi connectivity index (χ3n) is 3.60. The van der Waals surface area contributed by atoms with Crippen LogP contribution >= 0.6 is 0 Å². The van der Waals surface area contributed by atoms with Gasteiger partial charge in [-0.2, -0.15) is 0 Å². The molecule has 1 heterocycles. The molecule has 0 aromatic carbocycles. The zero-order valence-electron chi connectivity index (χ0n) is 11.7. The van der Waals surface area contributed by atoms with Gasteiger partial charge in [0.1, 0.15) is 0 Å². The monoisotopic (exact) mass is 273 g/mol. The number of hydrogen-bond acceptors (Lipinski definition) is 4. The highest BCUT2D eigenvalue weighted by atomic mass is 28.3. The van der Waals surface area contributed by atoms with Crippen LogP contribution in [0.1, 0.15) is 46.5 Å². The van der Waals surface area contributed by atoms with Crippen molar-refractivity contribution in [1.82, 2.24) is 0 Å². The lowest BCUT2D eigenvalue weighted by Crippen LogP contribution is -2.32. The number of epoxide rings is 1. The van der Waals surface area contributed by atoms with Gasteiger partial charge in [0.25, 0.3) is 0 Å². The van der Waals surface area contributed by atoms with Gasteiger partial charge in [0.2, 0.25) is 0 Å². The van der Waals surface area contributed by atoms with Gasteiger partial charge in [0, 0.05) is 19.3 Å². The van der Waals surface area contributed by atoms with Gasteiger partial charge in [-0.1, -0.05) is 0 Å². The molecule has 0 aromatic rings. The van der Waals surface area contributed by atoms with Gasteiger partial charge < -0.3 is 18.0 Å². The molecule has 0 spiro atoms. The number of hydrogen-bond donors (Lipinski definition) is 0. The second-order valence-electron chi connectivity index (χ2n) is 5.17. The lowest BCUT2D eigenvalue weighted by atomic mass is 9.86. The Hall–Kier alpha value is 0.0569. The summed E-state index contributed by atoms with van der Waals surface area (Å²) >= 11 is 0. The molecule has 4 atom stereocenters. The highest BCUT2D eigenvalue weighted by molar-refractivity contribution is 6.36. The zero-order valence-corrected chi connectivity index (χ0v) is 12.7. The van der Waals surface area contributed by atoms with E-state index >= 15 is 0 Å². The Bertz CT molecular complexity index is 241. The van der Waals surface area contributed by atoms with Crippen molar-refractivity contribution in [1.29, 1.82) is 0 Å². The number of rotatable bonds is 8. The lowest BCUT2D eigenvalue weighted by molar-refractivity contribution is 0.0576. The molecule has 0 aromatic heterocycles. The molecule has 4 unspecified atom stereocenters. The lowest BCUT2D eigenvalue weighted by Gasteiger charge is -2.24. The van der Waals surface area contributed by atoms with E-state index in [-0.39, 0.29) is 6.10 Å². The molecule has 4 nitrogen and oxygen atoms in total. The van der Waals surface area contributed by atoms with E-state index in [2.05, 4.69) is 6.92 Å². The summed E-state index contributed by atoms with van der Waals surface area (Å²) in [7, 11) is -1.53. The first-order chi connectivity index (χ1) is 8.72. The molecule has 2 aliphatic rings. The molecule has 5 heteroatoms. The molecular formula is C13H25O4Si. The minimum Gasteiger partial charge on any atom is -0.371 e. The predicted octanol–water partition coefficient (Wildman–Crippen LogP) is 2.41. The summed E-state index contributed by atoms with van der Waals surface area (Å²) in [5.74, 6) is 0.746. The first-order valence-corrected chi connectivity index (χ1v) is 8.40. The molecule has 0 bridgehead atoms. The van der Waals surface area contributed by atoms with Crippen LogP contribution in [0.4, 0.5) is 0 Å². The zero-order chi connectivity index (χ0) is 13.0. The molecule has 0 amide bonds. The second-order valence-corrected chi connectivity index (χ2v) is 6.49. The van der Waals surface area contributed by atoms with E-state index in [9.17, 15) is 0 Å². The third kappa shape index (κ3) is 4.31. The van der Waals surface area contributed by atoms with E-state index in [0.717, 1.165) is 12.3 Å². The summed E-state index contributed by atoms with van der Waals surface area (Å²) in [6.45, 7) is 7.39. The minimum atomic E-state index is -1.53. The molecule has 1 aliphatic carbocycles. The average Bonchev–Trinajstić information content (AvgIpc) is 3.07. The van der Waals surface area contributed by atoms with Gasteiger partial charge >= 0.3 is 9.53 Å². The van der Waals surface area contributed by atoms with Crippen LogP contribution in [0.15, 0.2) is 0 Å². The first kappa shape index (κ1) is 14.5. The Morgan fingerprint density at radius 1 is 1.17 bits per heavy atom. The van der Waals surface area contributed by atoms with Crippen molar-refractivity contribution in [3.63, 3.8) is 0 Å². The Labute approximate surface area is 112 Å². The molecule has 1 saturated heterocycles. The van der Waals surface area contributed by atoms with E-state index in [0.29, 0.717) is 25.4 Å². The Balaban J connectivity index is 1.67. The van der Waals surface area contributed by atoms with Crippen LogP contribution in [0, 0.1) is 5.92 Å². The quantitative estimate of drug-likeness (QED) is 0.503. The average molecular weight is 273 g/mol. The Kier molecular flexibility index (Phi) is 5.63. The topological polar surface area (TPSA) is 40.2 Å². The van der Waals surface area contributed by atoms with Crippen molar-refractivity contribution in [3.8, 4) is 0 Å². The van der Waals surface area contributed by atoms with Crippen molar-refractivity contribution in [2.75, 3.05) is 13.2 Å². The first-order valence-electron chi connectivity index (χ1n) is 7.17. The van der Waals surface area contributed by atoms with Crippen LogP contribution in [-0.4, -0.2) is 41.1 Å². The Morgan fingerprint density at radius 2 is 1.89 bits per heavy atom. The minimum absolute atomic E-state index is 0.220. The van der Waals surface area contributed by atoms with E-state index < -0.39 is 9.53 Å². The van der Waals surface area contributed by atoms with Crippen molar-refractivity contribution >= 4 is 9.53 Å². The second kappa shape index (κ2) is 7.00. The van der Waals surface area contributed by atoms with Crippen molar-refractivity contribution < 1.29 is 18.0 Å². The molecule has 18 heavy (non-hydrogen) atoms. The fourth-order valence-corrected chi connectivity index (χ4v) is 3.84. The van der Waals surface area contributed by atoms with Crippen LogP contribution in [0.25, 0.3) is 0 Å².